The van der Waals surface area contributed by atoms with Crippen LogP contribution in [0.15, 0.2) is 0 Å². The fraction of sp³-hybridized carbons (Fsp3) is 0.889. The molecule has 0 bridgehead atoms. The van der Waals surface area contributed by atoms with E-state index in [1.54, 1.807) is 26.1 Å². The molecule has 7 heteroatoms. The summed E-state index contributed by atoms with van der Waals surface area (Å²) in [7, 11) is 0. The normalized spacial score (nSPS) is 14.4. The third-order valence-corrected chi connectivity index (χ3v) is 1.91. The van der Waals surface area contributed by atoms with Crippen LogP contribution in [0.3, 0.4) is 0 Å². The molecule has 0 fully saturated rings. The van der Waals surface area contributed by atoms with Gasteiger partial charge >= 0.3 is 12.2 Å². The number of hydrogen-bond acceptors (Lipinski definition) is 2. The van der Waals surface area contributed by atoms with Crippen molar-refractivity contribution in [1.82, 2.24) is 10.6 Å². The summed E-state index contributed by atoms with van der Waals surface area (Å²) < 4.78 is 35.1. The van der Waals surface area contributed by atoms with E-state index >= 15 is 0 Å². The maximum Gasteiger partial charge on any atom is 0.405 e. The zero-order valence-corrected chi connectivity index (χ0v) is 9.48. The third-order valence-electron chi connectivity index (χ3n) is 1.91. The van der Waals surface area contributed by atoms with Crippen molar-refractivity contribution in [2.75, 3.05) is 13.1 Å². The van der Waals surface area contributed by atoms with E-state index in [0.717, 1.165) is 0 Å². The molecule has 1 unspecified atom stereocenters. The summed E-state index contributed by atoms with van der Waals surface area (Å²) in [4.78, 5) is 10.9. The lowest BCUT2D eigenvalue weighted by Gasteiger charge is -2.25. The van der Waals surface area contributed by atoms with Crippen molar-refractivity contribution in [3.05, 3.63) is 0 Å². The van der Waals surface area contributed by atoms with E-state index < -0.39 is 30.3 Å². The highest BCUT2D eigenvalue weighted by Gasteiger charge is 2.28. The fourth-order valence-corrected chi connectivity index (χ4v) is 0.739. The summed E-state index contributed by atoms with van der Waals surface area (Å²) in [5.74, 6) is 0. The smallest absolute Gasteiger partial charge is 0.391 e. The van der Waals surface area contributed by atoms with Gasteiger partial charge < -0.3 is 15.7 Å². The van der Waals surface area contributed by atoms with Crippen molar-refractivity contribution in [2.24, 2.45) is 5.41 Å². The van der Waals surface area contributed by atoms with Gasteiger partial charge in [-0.1, -0.05) is 20.8 Å². The molecule has 0 aromatic rings. The monoisotopic (exact) mass is 242 g/mol. The second kappa shape index (κ2) is 5.38. The standard InChI is InChI=1S/C9H17F3N2O2/c1-8(2,3)6(15)4-13-7(16)14-5-9(10,11)12/h6,15H,4-5H2,1-3H3,(H2,13,14,16). The number of carbonyl (C=O) groups excluding carboxylic acids is 1. The van der Waals surface area contributed by atoms with Gasteiger partial charge in [0.1, 0.15) is 6.54 Å². The van der Waals surface area contributed by atoms with E-state index in [-0.39, 0.29) is 6.54 Å². The number of carbonyl (C=O) groups is 1. The zero-order chi connectivity index (χ0) is 13.0. The van der Waals surface area contributed by atoms with Gasteiger partial charge in [-0.15, -0.1) is 0 Å². The van der Waals surface area contributed by atoms with Crippen LogP contribution in [0.4, 0.5) is 18.0 Å². The Kier molecular flexibility index (Phi) is 5.05. The minimum Gasteiger partial charge on any atom is -0.391 e. The second-order valence-electron chi connectivity index (χ2n) is 4.56. The highest BCUT2D eigenvalue weighted by molar-refractivity contribution is 5.73. The van der Waals surface area contributed by atoms with Gasteiger partial charge in [0, 0.05) is 6.54 Å². The number of hydrogen-bond donors (Lipinski definition) is 3. The lowest BCUT2D eigenvalue weighted by atomic mass is 9.89. The minimum absolute atomic E-state index is 0.0901. The van der Waals surface area contributed by atoms with Crippen LogP contribution in [0.2, 0.25) is 0 Å². The lowest BCUT2D eigenvalue weighted by molar-refractivity contribution is -0.122. The van der Waals surface area contributed by atoms with Gasteiger partial charge in [-0.2, -0.15) is 13.2 Å². The molecule has 4 nitrogen and oxygen atoms in total. The van der Waals surface area contributed by atoms with Crippen LogP contribution in [0, 0.1) is 5.41 Å². The molecule has 0 aliphatic heterocycles. The molecule has 0 saturated carbocycles. The topological polar surface area (TPSA) is 61.4 Å². The SMILES string of the molecule is CC(C)(C)C(O)CNC(=O)NCC(F)(F)F. The number of amides is 2. The number of aliphatic hydroxyl groups excluding tert-OH is 1. The summed E-state index contributed by atoms with van der Waals surface area (Å²) in [6.07, 6.45) is -5.25. The molecule has 3 N–H and O–H groups in total. The molecule has 0 radical (unpaired) electrons. The highest BCUT2D eigenvalue weighted by Crippen LogP contribution is 2.18. The Bertz CT molecular complexity index is 236. The summed E-state index contributed by atoms with van der Waals surface area (Å²) >= 11 is 0. The minimum atomic E-state index is -4.43. The average Bonchev–Trinajstić information content (AvgIpc) is 2.08. The highest BCUT2D eigenvalue weighted by atomic mass is 19.4. The maximum atomic E-state index is 11.7. The molecule has 0 heterocycles. The number of aliphatic hydroxyl groups is 1. The molecule has 16 heavy (non-hydrogen) atoms. The fourth-order valence-electron chi connectivity index (χ4n) is 0.739. The van der Waals surface area contributed by atoms with Crippen molar-refractivity contribution >= 4 is 6.03 Å². The van der Waals surface area contributed by atoms with Crippen LogP contribution in [0.5, 0.6) is 0 Å². The van der Waals surface area contributed by atoms with E-state index in [4.69, 9.17) is 0 Å². The van der Waals surface area contributed by atoms with E-state index in [2.05, 4.69) is 5.32 Å². The quantitative estimate of drug-likeness (QED) is 0.697. The van der Waals surface area contributed by atoms with Crippen molar-refractivity contribution < 1.29 is 23.1 Å². The van der Waals surface area contributed by atoms with Crippen LogP contribution in [-0.2, 0) is 0 Å². The summed E-state index contributed by atoms with van der Waals surface area (Å²) in [6, 6.07) is -0.944. The van der Waals surface area contributed by atoms with Gasteiger partial charge in [-0.25, -0.2) is 4.79 Å². The largest absolute Gasteiger partial charge is 0.405 e. The van der Waals surface area contributed by atoms with Crippen molar-refractivity contribution in [3.63, 3.8) is 0 Å². The van der Waals surface area contributed by atoms with Crippen LogP contribution in [-0.4, -0.2) is 36.5 Å². The summed E-state index contributed by atoms with van der Waals surface area (Å²) in [6.45, 7) is 3.80. The van der Waals surface area contributed by atoms with Gasteiger partial charge in [-0.3, -0.25) is 0 Å². The number of urea groups is 1. The van der Waals surface area contributed by atoms with E-state index in [1.165, 1.54) is 0 Å². The van der Waals surface area contributed by atoms with Crippen LogP contribution < -0.4 is 10.6 Å². The summed E-state index contributed by atoms with van der Waals surface area (Å²) in [5.41, 5.74) is -0.433. The number of rotatable bonds is 3. The number of alkyl halides is 3. The zero-order valence-electron chi connectivity index (χ0n) is 9.48. The number of nitrogens with one attached hydrogen (secondary N) is 2. The second-order valence-corrected chi connectivity index (χ2v) is 4.56. The Labute approximate surface area is 92.2 Å². The molecule has 96 valence electrons. The first-order valence-electron chi connectivity index (χ1n) is 4.79. The molecule has 0 aliphatic rings. The Hall–Kier alpha value is -0.980. The predicted molar refractivity (Wildman–Crippen MR) is 52.9 cm³/mol. The van der Waals surface area contributed by atoms with Gasteiger partial charge in [0.05, 0.1) is 6.10 Å². The Morgan fingerprint density at radius 2 is 1.75 bits per heavy atom. The maximum absolute atomic E-state index is 11.7. The number of halogens is 3. The first kappa shape index (κ1) is 15.0. The van der Waals surface area contributed by atoms with Gasteiger partial charge in [0.2, 0.25) is 0 Å². The van der Waals surface area contributed by atoms with Crippen LogP contribution in [0.25, 0.3) is 0 Å². The molecular formula is C9H17F3N2O2. The van der Waals surface area contributed by atoms with Crippen LogP contribution in [0.1, 0.15) is 20.8 Å². The summed E-state index contributed by atoms with van der Waals surface area (Å²) in [5, 5.41) is 13.3. The molecule has 0 spiro atoms. The molecule has 0 aliphatic carbocycles. The van der Waals surface area contributed by atoms with Crippen molar-refractivity contribution in [3.8, 4) is 0 Å². The first-order valence-corrected chi connectivity index (χ1v) is 4.79. The van der Waals surface area contributed by atoms with Gasteiger partial charge in [0.15, 0.2) is 0 Å². The van der Waals surface area contributed by atoms with E-state index in [9.17, 15) is 23.1 Å². The van der Waals surface area contributed by atoms with Crippen molar-refractivity contribution in [2.45, 2.75) is 33.1 Å². The molecule has 0 rings (SSSR count). The molecule has 0 aromatic heterocycles. The third kappa shape index (κ3) is 7.33. The molecular weight excluding hydrogens is 225 g/mol. The van der Waals surface area contributed by atoms with Crippen molar-refractivity contribution in [1.29, 1.82) is 0 Å². The van der Waals surface area contributed by atoms with Crippen LogP contribution >= 0.6 is 0 Å². The Balaban J connectivity index is 3.83. The first-order chi connectivity index (χ1) is 7.02. The Morgan fingerprint density at radius 1 is 1.25 bits per heavy atom. The van der Waals surface area contributed by atoms with E-state index in [1.807, 2.05) is 0 Å². The van der Waals surface area contributed by atoms with Gasteiger partial charge in [0.25, 0.3) is 0 Å². The van der Waals surface area contributed by atoms with Gasteiger partial charge in [-0.05, 0) is 5.41 Å². The molecule has 1 atom stereocenters. The predicted octanol–water partition coefficient (Wildman–Crippen LogP) is 1.25. The molecule has 0 aromatic carbocycles. The lowest BCUT2D eigenvalue weighted by Crippen LogP contribution is -2.45. The average molecular weight is 242 g/mol. The molecule has 0 saturated heterocycles. The Morgan fingerprint density at radius 3 is 2.12 bits per heavy atom. The molecule has 2 amide bonds. The van der Waals surface area contributed by atoms with E-state index in [0.29, 0.717) is 0 Å².